The molecule has 22 heavy (non-hydrogen) atoms. The van der Waals surface area contributed by atoms with Gasteiger partial charge in [-0.2, -0.15) is 0 Å². The molecule has 0 aliphatic carbocycles. The number of aryl methyl sites for hydroxylation is 1. The minimum absolute atomic E-state index is 1.28. The summed E-state index contributed by atoms with van der Waals surface area (Å²) in [4.78, 5) is 0. The van der Waals surface area contributed by atoms with Crippen LogP contribution in [0, 0.1) is 0 Å². The van der Waals surface area contributed by atoms with Gasteiger partial charge in [-0.05, 0) is 58.1 Å². The van der Waals surface area contributed by atoms with E-state index in [0.29, 0.717) is 0 Å². The fourth-order valence-electron chi connectivity index (χ4n) is 2.42. The van der Waals surface area contributed by atoms with Gasteiger partial charge in [-0.15, -0.1) is 45.3 Å². The molecule has 0 nitrogen and oxygen atoms in total. The van der Waals surface area contributed by atoms with Crippen LogP contribution in [0.5, 0.6) is 0 Å². The van der Waals surface area contributed by atoms with Crippen molar-refractivity contribution in [1.29, 1.82) is 0 Å². The van der Waals surface area contributed by atoms with Crippen LogP contribution in [0.2, 0.25) is 0 Å². The van der Waals surface area contributed by atoms with Crippen LogP contribution < -0.4 is 0 Å². The van der Waals surface area contributed by atoms with Gasteiger partial charge in [-0.3, -0.25) is 0 Å². The van der Waals surface area contributed by atoms with Gasteiger partial charge in [0.25, 0.3) is 0 Å². The Balaban J connectivity index is 0.000000151. The van der Waals surface area contributed by atoms with Gasteiger partial charge in [-0.1, -0.05) is 26.2 Å². The van der Waals surface area contributed by atoms with Crippen molar-refractivity contribution in [2.24, 2.45) is 0 Å². The van der Waals surface area contributed by atoms with Crippen LogP contribution in [0.3, 0.4) is 0 Å². The molecule has 4 heteroatoms. The topological polar surface area (TPSA) is 0 Å². The third-order valence-corrected chi connectivity index (χ3v) is 7.63. The van der Waals surface area contributed by atoms with Crippen molar-refractivity contribution in [1.82, 2.24) is 0 Å². The van der Waals surface area contributed by atoms with E-state index >= 15 is 0 Å². The number of hydrogen-bond donors (Lipinski definition) is 0. The summed E-state index contributed by atoms with van der Waals surface area (Å²) in [6.07, 6.45) is 6.74. The number of rotatable bonds is 5. The highest BCUT2D eigenvalue weighted by Crippen LogP contribution is 2.31. The molecule has 0 aromatic carbocycles. The fourth-order valence-corrected chi connectivity index (χ4v) is 6.42. The van der Waals surface area contributed by atoms with Crippen molar-refractivity contribution in [2.75, 3.05) is 0 Å². The number of unbranched alkanes of at least 4 members (excludes halogenated alkanes) is 3. The average Bonchev–Trinajstić information content (AvgIpc) is 3.24. The summed E-state index contributed by atoms with van der Waals surface area (Å²) in [6, 6.07) is 6.55. The van der Waals surface area contributed by atoms with Gasteiger partial charge >= 0.3 is 0 Å². The fraction of sp³-hybridized carbons (Fsp3) is 0.333. The largest absolute Gasteiger partial charge is 0.143 e. The second kappa shape index (κ2) is 8.25. The summed E-state index contributed by atoms with van der Waals surface area (Å²) in [5.74, 6) is 0. The molecule has 0 saturated carbocycles. The van der Waals surface area contributed by atoms with Crippen molar-refractivity contribution in [2.45, 2.75) is 39.0 Å². The Morgan fingerprint density at radius 1 is 0.727 bits per heavy atom. The Bertz CT molecular complexity index is 748. The zero-order valence-electron chi connectivity index (χ0n) is 12.7. The van der Waals surface area contributed by atoms with Gasteiger partial charge in [0.1, 0.15) is 0 Å². The van der Waals surface area contributed by atoms with Gasteiger partial charge in [0, 0.05) is 18.8 Å². The van der Waals surface area contributed by atoms with Crippen LogP contribution in [0.4, 0.5) is 0 Å². The first-order valence-electron chi connectivity index (χ1n) is 7.72. The highest BCUT2D eigenvalue weighted by atomic mass is 32.1. The Labute approximate surface area is 148 Å². The van der Waals surface area contributed by atoms with Crippen molar-refractivity contribution < 1.29 is 0 Å². The van der Waals surface area contributed by atoms with E-state index in [-0.39, 0.29) is 0 Å². The molecule has 116 valence electrons. The number of hydrogen-bond acceptors (Lipinski definition) is 4. The zero-order chi connectivity index (χ0) is 15.2. The van der Waals surface area contributed by atoms with Gasteiger partial charge in [0.05, 0.1) is 0 Å². The Morgan fingerprint density at radius 3 is 2.14 bits per heavy atom. The maximum absolute atomic E-state index is 2.34. The highest BCUT2D eigenvalue weighted by Gasteiger charge is 2.04. The predicted octanol–water partition coefficient (Wildman–Crippen LogP) is 8.05. The molecule has 0 bridgehead atoms. The lowest BCUT2D eigenvalue weighted by Gasteiger charge is -1.97. The highest BCUT2D eigenvalue weighted by molar-refractivity contribution is 7.26. The molecule has 0 atom stereocenters. The van der Waals surface area contributed by atoms with E-state index in [0.717, 1.165) is 0 Å². The third kappa shape index (κ3) is 3.99. The molecular weight excluding hydrogens is 344 g/mol. The molecule has 0 spiro atoms. The van der Waals surface area contributed by atoms with Crippen LogP contribution in [0.1, 0.15) is 38.2 Å². The Kier molecular flexibility index (Phi) is 6.07. The van der Waals surface area contributed by atoms with E-state index in [2.05, 4.69) is 46.6 Å². The quantitative estimate of drug-likeness (QED) is 0.314. The Hall–Kier alpha value is -0.680. The van der Waals surface area contributed by atoms with Crippen LogP contribution in [-0.2, 0) is 6.42 Å². The molecule has 0 fully saturated rings. The predicted molar refractivity (Wildman–Crippen MR) is 107 cm³/mol. The summed E-state index contributed by atoms with van der Waals surface area (Å²) in [6.45, 7) is 2.27. The molecule has 4 heterocycles. The third-order valence-electron chi connectivity index (χ3n) is 3.62. The van der Waals surface area contributed by atoms with Gasteiger partial charge in [-0.25, -0.2) is 0 Å². The Morgan fingerprint density at radius 2 is 1.41 bits per heavy atom. The second-order valence-electron chi connectivity index (χ2n) is 5.26. The van der Waals surface area contributed by atoms with E-state index in [1.165, 1.54) is 50.9 Å². The molecular formula is C18H20S4. The first kappa shape index (κ1) is 16.2. The molecule has 0 radical (unpaired) electrons. The van der Waals surface area contributed by atoms with Gasteiger partial charge in [0.15, 0.2) is 0 Å². The monoisotopic (exact) mass is 364 g/mol. The first-order valence-corrected chi connectivity index (χ1v) is 11.2. The number of fused-ring (bicyclic) bond motifs is 2. The van der Waals surface area contributed by atoms with Crippen molar-refractivity contribution >= 4 is 64.1 Å². The molecule has 0 aliphatic rings. The smallest absolute Gasteiger partial charge is 0.0482 e. The normalized spacial score (nSPS) is 11.0. The lowest BCUT2D eigenvalue weighted by Crippen LogP contribution is -1.82. The van der Waals surface area contributed by atoms with Crippen LogP contribution in [-0.4, -0.2) is 0 Å². The van der Waals surface area contributed by atoms with E-state index < -0.39 is 0 Å². The molecule has 0 aliphatic heterocycles. The van der Waals surface area contributed by atoms with E-state index in [4.69, 9.17) is 0 Å². The molecule has 0 N–H and O–H groups in total. The van der Waals surface area contributed by atoms with E-state index in [9.17, 15) is 0 Å². The van der Waals surface area contributed by atoms with Gasteiger partial charge in [0.2, 0.25) is 0 Å². The summed E-state index contributed by atoms with van der Waals surface area (Å²) in [5.41, 5.74) is 1.58. The molecule has 4 aromatic rings. The zero-order valence-corrected chi connectivity index (χ0v) is 16.0. The lowest BCUT2D eigenvalue weighted by atomic mass is 10.1. The van der Waals surface area contributed by atoms with Crippen molar-refractivity contribution in [3.05, 3.63) is 45.3 Å². The molecule has 4 aromatic heterocycles. The summed E-state index contributed by atoms with van der Waals surface area (Å²) < 4.78 is 5.83. The second-order valence-corrected chi connectivity index (χ2v) is 8.98. The first-order chi connectivity index (χ1) is 10.9. The van der Waals surface area contributed by atoms with E-state index in [1.54, 1.807) is 28.2 Å². The molecule has 0 unspecified atom stereocenters. The van der Waals surface area contributed by atoms with Crippen molar-refractivity contribution in [3.8, 4) is 0 Å². The van der Waals surface area contributed by atoms with Crippen LogP contribution >= 0.6 is 45.3 Å². The number of thiophene rings is 4. The maximum Gasteiger partial charge on any atom is 0.0482 e. The summed E-state index contributed by atoms with van der Waals surface area (Å²) in [7, 11) is 0. The average molecular weight is 365 g/mol. The summed E-state index contributed by atoms with van der Waals surface area (Å²) >= 11 is 7.40. The maximum atomic E-state index is 2.34. The molecule has 4 rings (SSSR count). The van der Waals surface area contributed by atoms with Crippen LogP contribution in [0.15, 0.2) is 39.7 Å². The molecule has 0 amide bonds. The standard InChI is InChI=1S/C12H16S2.C6H4S2/c1-2-3-4-5-6-10-9-14-11-7-8-13-12(10)11;1-3-7-6-2-4-8-5(1)6/h7-9H,2-6H2,1H3;1-4H. The van der Waals surface area contributed by atoms with Gasteiger partial charge < -0.3 is 0 Å². The summed E-state index contributed by atoms with van der Waals surface area (Å²) in [5, 5.41) is 8.80. The van der Waals surface area contributed by atoms with Crippen LogP contribution in [0.25, 0.3) is 18.8 Å². The van der Waals surface area contributed by atoms with Crippen molar-refractivity contribution in [3.63, 3.8) is 0 Å². The minimum Gasteiger partial charge on any atom is -0.143 e. The SMILES string of the molecule is CCCCCCc1csc2ccsc12.c1cc2sccc2s1. The minimum atomic E-state index is 1.28. The van der Waals surface area contributed by atoms with E-state index in [1.807, 2.05) is 22.7 Å². The molecule has 0 saturated heterocycles. The lowest BCUT2D eigenvalue weighted by molar-refractivity contribution is 0.669.